The Hall–Kier alpha value is -1.52. The molecule has 18 heavy (non-hydrogen) atoms. The molecule has 0 atom stereocenters. The number of ether oxygens (including phenoxy) is 1. The molecule has 2 N–H and O–H groups in total. The maximum Gasteiger partial charge on any atom is 0.196 e. The van der Waals surface area contributed by atoms with Crippen LogP contribution in [0.1, 0.15) is 11.7 Å². The zero-order valence-electron chi connectivity index (χ0n) is 10.4. The molecule has 1 aromatic heterocycles. The molecule has 0 aliphatic heterocycles. The number of benzene rings is 1. The molecule has 0 fully saturated rings. The molecule has 1 aromatic carbocycles. The van der Waals surface area contributed by atoms with Crippen molar-refractivity contribution in [3.63, 3.8) is 0 Å². The van der Waals surface area contributed by atoms with Gasteiger partial charge in [0.1, 0.15) is 17.2 Å². The van der Waals surface area contributed by atoms with E-state index in [0.717, 1.165) is 17.0 Å². The summed E-state index contributed by atoms with van der Waals surface area (Å²) in [7, 11) is 1.60. The highest BCUT2D eigenvalue weighted by Crippen LogP contribution is 2.32. The predicted molar refractivity (Wildman–Crippen MR) is 71.0 cm³/mol. The summed E-state index contributed by atoms with van der Waals surface area (Å²) in [4.78, 5) is 4.41. The topological polar surface area (TPSA) is 61.3 Å². The van der Waals surface area contributed by atoms with E-state index in [9.17, 15) is 0 Å². The van der Waals surface area contributed by atoms with Gasteiger partial charge in [0.25, 0.3) is 0 Å². The molecular formula is C13H15ClN2O2. The van der Waals surface area contributed by atoms with Gasteiger partial charge in [-0.1, -0.05) is 11.6 Å². The molecule has 2 aromatic rings. The largest absolute Gasteiger partial charge is 0.497 e. The fraction of sp³-hybridized carbons (Fsp3) is 0.308. The van der Waals surface area contributed by atoms with Gasteiger partial charge in [0.05, 0.1) is 12.1 Å². The monoisotopic (exact) mass is 266 g/mol. The van der Waals surface area contributed by atoms with Crippen molar-refractivity contribution in [2.24, 2.45) is 5.73 Å². The summed E-state index contributed by atoms with van der Waals surface area (Å²) < 4.78 is 10.7. The van der Waals surface area contributed by atoms with Crippen LogP contribution in [0.5, 0.6) is 5.75 Å². The SMILES string of the molecule is COc1ccc(-c2nc(CCN)oc2C)c(Cl)c1. The highest BCUT2D eigenvalue weighted by Gasteiger charge is 2.14. The lowest BCUT2D eigenvalue weighted by Gasteiger charge is -2.04. The van der Waals surface area contributed by atoms with Gasteiger partial charge in [-0.3, -0.25) is 0 Å². The van der Waals surface area contributed by atoms with Crippen LogP contribution in [0, 0.1) is 6.92 Å². The quantitative estimate of drug-likeness (QED) is 0.924. The maximum absolute atomic E-state index is 6.21. The molecule has 0 amide bonds. The van der Waals surface area contributed by atoms with Gasteiger partial charge in [-0.2, -0.15) is 0 Å². The highest BCUT2D eigenvalue weighted by atomic mass is 35.5. The first kappa shape index (κ1) is 12.9. The molecule has 4 nitrogen and oxygen atoms in total. The number of halogens is 1. The normalized spacial score (nSPS) is 10.7. The second kappa shape index (κ2) is 5.42. The van der Waals surface area contributed by atoms with Gasteiger partial charge < -0.3 is 14.9 Å². The molecule has 0 aliphatic carbocycles. The van der Waals surface area contributed by atoms with Gasteiger partial charge in [0.2, 0.25) is 0 Å². The van der Waals surface area contributed by atoms with E-state index in [1.54, 1.807) is 13.2 Å². The molecule has 0 spiro atoms. The first-order valence-electron chi connectivity index (χ1n) is 5.66. The number of hydrogen-bond acceptors (Lipinski definition) is 4. The maximum atomic E-state index is 6.21. The molecule has 0 bridgehead atoms. The molecule has 0 saturated heterocycles. The molecule has 0 unspecified atom stereocenters. The summed E-state index contributed by atoms with van der Waals surface area (Å²) in [5.41, 5.74) is 7.07. The van der Waals surface area contributed by atoms with Gasteiger partial charge in [-0.15, -0.1) is 0 Å². The fourth-order valence-corrected chi connectivity index (χ4v) is 2.01. The molecule has 0 saturated carbocycles. The van der Waals surface area contributed by atoms with Crippen LogP contribution in [0.4, 0.5) is 0 Å². The van der Waals surface area contributed by atoms with Gasteiger partial charge in [0.15, 0.2) is 5.89 Å². The third-order valence-corrected chi connectivity index (χ3v) is 2.94. The summed E-state index contributed by atoms with van der Waals surface area (Å²) in [5.74, 6) is 2.09. The van der Waals surface area contributed by atoms with Gasteiger partial charge in [-0.25, -0.2) is 4.98 Å². The van der Waals surface area contributed by atoms with E-state index in [4.69, 9.17) is 26.5 Å². The van der Waals surface area contributed by atoms with Crippen LogP contribution in [0.15, 0.2) is 22.6 Å². The zero-order chi connectivity index (χ0) is 13.1. The van der Waals surface area contributed by atoms with Crippen LogP contribution < -0.4 is 10.5 Å². The third-order valence-electron chi connectivity index (χ3n) is 2.63. The Morgan fingerprint density at radius 3 is 2.83 bits per heavy atom. The van der Waals surface area contributed by atoms with Crippen molar-refractivity contribution in [3.8, 4) is 17.0 Å². The number of rotatable bonds is 4. The Morgan fingerprint density at radius 1 is 1.44 bits per heavy atom. The average molecular weight is 267 g/mol. The van der Waals surface area contributed by atoms with Crippen molar-refractivity contribution in [1.29, 1.82) is 0 Å². The summed E-state index contributed by atoms with van der Waals surface area (Å²) >= 11 is 6.21. The minimum absolute atomic E-state index is 0.510. The third kappa shape index (κ3) is 2.49. The second-order valence-corrected chi connectivity index (χ2v) is 4.30. The molecule has 0 aliphatic rings. The van der Waals surface area contributed by atoms with E-state index in [2.05, 4.69) is 4.98 Å². The zero-order valence-corrected chi connectivity index (χ0v) is 11.1. The number of methoxy groups -OCH3 is 1. The average Bonchev–Trinajstić information content (AvgIpc) is 2.70. The van der Waals surface area contributed by atoms with Gasteiger partial charge >= 0.3 is 0 Å². The summed E-state index contributed by atoms with van der Waals surface area (Å²) in [6.45, 7) is 2.37. The van der Waals surface area contributed by atoms with E-state index in [0.29, 0.717) is 29.6 Å². The Kier molecular flexibility index (Phi) is 3.89. The minimum Gasteiger partial charge on any atom is -0.497 e. The van der Waals surface area contributed by atoms with Crippen molar-refractivity contribution in [3.05, 3.63) is 34.9 Å². The van der Waals surface area contributed by atoms with Crippen LogP contribution in [-0.2, 0) is 6.42 Å². The van der Waals surface area contributed by atoms with Gasteiger partial charge in [-0.05, 0) is 25.1 Å². The van der Waals surface area contributed by atoms with Crippen molar-refractivity contribution < 1.29 is 9.15 Å². The predicted octanol–water partition coefficient (Wildman–Crippen LogP) is 2.81. The standard InChI is InChI=1S/C13H15ClN2O2/c1-8-13(16-12(18-8)5-6-15)10-4-3-9(17-2)7-11(10)14/h3-4,7H,5-6,15H2,1-2H3. The van der Waals surface area contributed by atoms with E-state index in [-0.39, 0.29) is 0 Å². The van der Waals surface area contributed by atoms with Crippen LogP contribution in [-0.4, -0.2) is 18.6 Å². The van der Waals surface area contributed by atoms with Crippen molar-refractivity contribution in [2.75, 3.05) is 13.7 Å². The number of aryl methyl sites for hydroxylation is 1. The number of hydrogen-bond donors (Lipinski definition) is 1. The molecule has 0 radical (unpaired) electrons. The molecule has 96 valence electrons. The van der Waals surface area contributed by atoms with E-state index in [1.807, 2.05) is 19.1 Å². The molecule has 1 heterocycles. The van der Waals surface area contributed by atoms with Crippen LogP contribution in [0.2, 0.25) is 5.02 Å². The van der Waals surface area contributed by atoms with E-state index < -0.39 is 0 Å². The number of nitrogens with two attached hydrogens (primary N) is 1. The fourth-order valence-electron chi connectivity index (χ4n) is 1.75. The Bertz CT molecular complexity index is 552. The van der Waals surface area contributed by atoms with Crippen LogP contribution in [0.25, 0.3) is 11.3 Å². The Labute approximate surface area is 111 Å². The lowest BCUT2D eigenvalue weighted by molar-refractivity contribution is 0.415. The lowest BCUT2D eigenvalue weighted by atomic mass is 10.1. The van der Waals surface area contributed by atoms with Crippen molar-refractivity contribution in [2.45, 2.75) is 13.3 Å². The van der Waals surface area contributed by atoms with Gasteiger partial charge in [0, 0.05) is 18.5 Å². The Balaban J connectivity index is 2.41. The molecule has 5 heteroatoms. The van der Waals surface area contributed by atoms with E-state index >= 15 is 0 Å². The summed E-state index contributed by atoms with van der Waals surface area (Å²) in [5, 5.41) is 0.588. The minimum atomic E-state index is 0.510. The smallest absolute Gasteiger partial charge is 0.196 e. The summed E-state index contributed by atoms with van der Waals surface area (Å²) in [6.07, 6.45) is 0.620. The first-order valence-corrected chi connectivity index (χ1v) is 6.03. The van der Waals surface area contributed by atoms with Crippen LogP contribution >= 0.6 is 11.6 Å². The number of oxazole rings is 1. The highest BCUT2D eigenvalue weighted by molar-refractivity contribution is 6.33. The Morgan fingerprint density at radius 2 is 2.22 bits per heavy atom. The second-order valence-electron chi connectivity index (χ2n) is 3.90. The van der Waals surface area contributed by atoms with Crippen molar-refractivity contribution in [1.82, 2.24) is 4.98 Å². The first-order chi connectivity index (χ1) is 8.65. The summed E-state index contributed by atoms with van der Waals surface area (Å²) in [6, 6.07) is 5.48. The lowest BCUT2D eigenvalue weighted by Crippen LogP contribution is -2.02. The van der Waals surface area contributed by atoms with Crippen molar-refractivity contribution >= 4 is 11.6 Å². The number of nitrogens with zero attached hydrogens (tertiary/aromatic N) is 1. The molecule has 2 rings (SSSR count). The van der Waals surface area contributed by atoms with Crippen LogP contribution in [0.3, 0.4) is 0 Å². The van der Waals surface area contributed by atoms with E-state index in [1.165, 1.54) is 0 Å². The molecular weight excluding hydrogens is 252 g/mol. The number of aromatic nitrogens is 1.